The van der Waals surface area contributed by atoms with Crippen molar-refractivity contribution >= 4 is 39.3 Å². The van der Waals surface area contributed by atoms with Gasteiger partial charge in [-0.25, -0.2) is 4.98 Å². The van der Waals surface area contributed by atoms with Crippen molar-refractivity contribution in [3.63, 3.8) is 0 Å². The van der Waals surface area contributed by atoms with Gasteiger partial charge in [-0.2, -0.15) is 0 Å². The number of morpholine rings is 1. The zero-order valence-corrected chi connectivity index (χ0v) is 26.0. The van der Waals surface area contributed by atoms with Gasteiger partial charge in [0.2, 0.25) is 17.7 Å². The van der Waals surface area contributed by atoms with Gasteiger partial charge in [0.1, 0.15) is 6.04 Å². The number of carbonyl (C=O) groups is 3. The van der Waals surface area contributed by atoms with Crippen LogP contribution in [0.25, 0.3) is 10.2 Å². The normalized spacial score (nSPS) is 15.0. The summed E-state index contributed by atoms with van der Waals surface area (Å²) in [6.07, 6.45) is 2.74. The predicted molar refractivity (Wildman–Crippen MR) is 171 cm³/mol. The third-order valence-corrected chi connectivity index (χ3v) is 8.47. The molecule has 9 nitrogen and oxygen atoms in total. The maximum atomic E-state index is 13.7. The van der Waals surface area contributed by atoms with Gasteiger partial charge in [-0.05, 0) is 42.5 Å². The molecule has 1 aromatic heterocycles. The Morgan fingerprint density at radius 3 is 2.51 bits per heavy atom. The first-order valence-electron chi connectivity index (χ1n) is 15.1. The van der Waals surface area contributed by atoms with E-state index in [-0.39, 0.29) is 30.7 Å². The van der Waals surface area contributed by atoms with Gasteiger partial charge >= 0.3 is 0 Å². The van der Waals surface area contributed by atoms with E-state index >= 15 is 0 Å². The van der Waals surface area contributed by atoms with Gasteiger partial charge in [0, 0.05) is 44.6 Å². The Hall–Kier alpha value is -3.60. The number of amides is 3. The lowest BCUT2D eigenvalue weighted by molar-refractivity contribution is -0.129. The Kier molecular flexibility index (Phi) is 12.3. The fourth-order valence-electron chi connectivity index (χ4n) is 5.02. The highest BCUT2D eigenvalue weighted by Gasteiger charge is 2.26. The second kappa shape index (κ2) is 16.3. The predicted octanol–water partition coefficient (Wildman–Crippen LogP) is 3.42. The maximum absolute atomic E-state index is 13.7. The number of hydrogen-bond acceptors (Lipinski definition) is 7. The SMILES string of the molecule is C=C(CN1CCOCC1)C(=O)NC[C@H](Cc1ccccc1)NC(=O)[C@H](Cc1nc2ccc(CC)cc2s1)NC(=O)CCC. The number of benzene rings is 2. The van der Waals surface area contributed by atoms with E-state index in [1.165, 1.54) is 5.56 Å². The number of carbonyl (C=O) groups excluding carboxylic acids is 3. The number of hydrogen-bond donors (Lipinski definition) is 3. The van der Waals surface area contributed by atoms with Crippen molar-refractivity contribution in [1.29, 1.82) is 0 Å². The largest absolute Gasteiger partial charge is 0.379 e. The molecule has 0 unspecified atom stereocenters. The summed E-state index contributed by atoms with van der Waals surface area (Å²) in [5.74, 6) is -0.725. The molecule has 1 fully saturated rings. The van der Waals surface area contributed by atoms with E-state index < -0.39 is 12.1 Å². The van der Waals surface area contributed by atoms with E-state index in [0.29, 0.717) is 44.6 Å². The minimum atomic E-state index is -0.796. The molecule has 2 aromatic carbocycles. The Bertz CT molecular complexity index is 1390. The molecule has 3 aromatic rings. The highest BCUT2D eigenvalue weighted by Crippen LogP contribution is 2.24. The first kappa shape index (κ1) is 32.3. The molecule has 3 N–H and O–H groups in total. The van der Waals surface area contributed by atoms with Crippen LogP contribution in [0.4, 0.5) is 0 Å². The number of fused-ring (bicyclic) bond motifs is 1. The van der Waals surface area contributed by atoms with Gasteiger partial charge in [-0.15, -0.1) is 11.3 Å². The Balaban J connectivity index is 1.46. The van der Waals surface area contributed by atoms with E-state index in [4.69, 9.17) is 9.72 Å². The third kappa shape index (κ3) is 9.98. The standard InChI is InChI=1S/C33H43N5O4S/c1-4-9-30(39)36-28(20-31-37-27-13-12-24(5-2)19-29(27)43-31)33(41)35-26(18-25-10-7-6-8-11-25)21-34-32(40)23(3)22-38-14-16-42-17-15-38/h6-8,10-13,19,26,28H,3-5,9,14-18,20-22H2,1-2H3,(H,34,40)(H,35,41)(H,36,39)/t26-,28-/m0/s1. The molecule has 230 valence electrons. The van der Waals surface area contributed by atoms with Gasteiger partial charge < -0.3 is 20.7 Å². The quantitative estimate of drug-likeness (QED) is 0.229. The second-order valence-electron chi connectivity index (χ2n) is 10.9. The molecular formula is C33H43N5O4S. The highest BCUT2D eigenvalue weighted by atomic mass is 32.1. The number of aromatic nitrogens is 1. The number of nitrogens with zero attached hydrogens (tertiary/aromatic N) is 2. The zero-order chi connectivity index (χ0) is 30.6. The van der Waals surface area contributed by atoms with E-state index in [2.05, 4.69) is 46.5 Å². The average molecular weight is 606 g/mol. The average Bonchev–Trinajstić information content (AvgIpc) is 3.42. The molecule has 0 aliphatic carbocycles. The molecule has 0 saturated carbocycles. The van der Waals surface area contributed by atoms with E-state index in [1.807, 2.05) is 43.3 Å². The van der Waals surface area contributed by atoms with Crippen molar-refractivity contribution in [3.8, 4) is 0 Å². The third-order valence-electron chi connectivity index (χ3n) is 7.43. The summed E-state index contributed by atoms with van der Waals surface area (Å²) in [5, 5.41) is 9.79. The fraction of sp³-hybridized carbons (Fsp3) is 0.455. The highest BCUT2D eigenvalue weighted by molar-refractivity contribution is 7.18. The van der Waals surface area contributed by atoms with Crippen molar-refractivity contribution in [2.75, 3.05) is 39.4 Å². The van der Waals surface area contributed by atoms with Crippen LogP contribution in [0.3, 0.4) is 0 Å². The molecule has 0 spiro atoms. The summed E-state index contributed by atoms with van der Waals surface area (Å²) < 4.78 is 6.46. The summed E-state index contributed by atoms with van der Waals surface area (Å²) in [4.78, 5) is 46.2. The van der Waals surface area contributed by atoms with Crippen molar-refractivity contribution in [3.05, 3.63) is 76.8 Å². The molecule has 3 amide bonds. The Labute approximate surface area is 258 Å². The summed E-state index contributed by atoms with van der Waals surface area (Å²) in [6, 6.07) is 14.8. The number of thiazole rings is 1. The van der Waals surface area contributed by atoms with E-state index in [0.717, 1.165) is 40.3 Å². The molecule has 1 saturated heterocycles. The summed E-state index contributed by atoms with van der Waals surface area (Å²) in [7, 11) is 0. The maximum Gasteiger partial charge on any atom is 0.247 e. The lowest BCUT2D eigenvalue weighted by atomic mass is 10.0. The van der Waals surface area contributed by atoms with Crippen LogP contribution in [-0.2, 0) is 38.4 Å². The molecule has 2 atom stereocenters. The van der Waals surface area contributed by atoms with Crippen LogP contribution in [0, 0.1) is 0 Å². The zero-order valence-electron chi connectivity index (χ0n) is 25.2. The molecular weight excluding hydrogens is 562 g/mol. The van der Waals surface area contributed by atoms with Crippen LogP contribution >= 0.6 is 11.3 Å². The van der Waals surface area contributed by atoms with Crippen LogP contribution < -0.4 is 16.0 Å². The van der Waals surface area contributed by atoms with E-state index in [9.17, 15) is 14.4 Å². The van der Waals surface area contributed by atoms with Crippen LogP contribution in [0.5, 0.6) is 0 Å². The van der Waals surface area contributed by atoms with Crippen LogP contribution in [0.1, 0.15) is 42.8 Å². The Morgan fingerprint density at radius 2 is 1.79 bits per heavy atom. The van der Waals surface area contributed by atoms with Gasteiger partial charge in [-0.1, -0.05) is 56.8 Å². The lowest BCUT2D eigenvalue weighted by Gasteiger charge is -2.27. The number of rotatable bonds is 15. The molecule has 43 heavy (non-hydrogen) atoms. The number of aryl methyl sites for hydroxylation is 1. The van der Waals surface area contributed by atoms with Gasteiger partial charge in [0.25, 0.3) is 0 Å². The van der Waals surface area contributed by atoms with E-state index in [1.54, 1.807) is 11.3 Å². The van der Waals surface area contributed by atoms with Crippen molar-refractivity contribution in [2.24, 2.45) is 0 Å². The van der Waals surface area contributed by atoms with Crippen LogP contribution in [0.15, 0.2) is 60.7 Å². The minimum Gasteiger partial charge on any atom is -0.379 e. The minimum absolute atomic E-state index is 0.177. The summed E-state index contributed by atoms with van der Waals surface area (Å²) in [5.41, 5.74) is 3.61. The Morgan fingerprint density at radius 1 is 1.02 bits per heavy atom. The lowest BCUT2D eigenvalue weighted by Crippen LogP contribution is -2.53. The molecule has 10 heteroatoms. The van der Waals surface area contributed by atoms with Gasteiger partial charge in [0.05, 0.1) is 34.5 Å². The van der Waals surface area contributed by atoms with Crippen molar-refractivity contribution in [1.82, 2.24) is 25.8 Å². The molecule has 1 aliphatic heterocycles. The number of ether oxygens (including phenoxy) is 1. The van der Waals surface area contributed by atoms with Crippen LogP contribution in [-0.4, -0.2) is 79.1 Å². The topological polar surface area (TPSA) is 113 Å². The van der Waals surface area contributed by atoms with Gasteiger partial charge in [-0.3, -0.25) is 19.3 Å². The monoisotopic (exact) mass is 605 g/mol. The summed E-state index contributed by atoms with van der Waals surface area (Å²) >= 11 is 1.55. The fourth-order valence-corrected chi connectivity index (χ4v) is 6.09. The van der Waals surface area contributed by atoms with Gasteiger partial charge in [0.15, 0.2) is 0 Å². The molecule has 0 bridgehead atoms. The first-order valence-corrected chi connectivity index (χ1v) is 15.9. The first-order chi connectivity index (χ1) is 20.8. The van der Waals surface area contributed by atoms with Crippen molar-refractivity contribution < 1.29 is 19.1 Å². The second-order valence-corrected chi connectivity index (χ2v) is 12.0. The molecule has 4 rings (SSSR count). The molecule has 1 aliphatic rings. The van der Waals surface area contributed by atoms with Crippen molar-refractivity contribution in [2.45, 2.75) is 58.0 Å². The number of nitrogens with one attached hydrogen (secondary N) is 3. The molecule has 2 heterocycles. The summed E-state index contributed by atoms with van der Waals surface area (Å²) in [6.45, 7) is 11.5. The smallest absolute Gasteiger partial charge is 0.247 e. The van der Waals surface area contributed by atoms with Crippen LogP contribution in [0.2, 0.25) is 0 Å². The molecule has 0 radical (unpaired) electrons.